The van der Waals surface area contributed by atoms with Crippen molar-refractivity contribution in [1.82, 2.24) is 5.32 Å². The molecular formula is C23H30N2O4S. The van der Waals surface area contributed by atoms with Crippen molar-refractivity contribution < 1.29 is 17.9 Å². The number of carbonyl (C=O) groups excluding carboxylic acids is 1. The fourth-order valence-electron chi connectivity index (χ4n) is 4.22. The number of hydrogen-bond acceptors (Lipinski definition) is 4. The van der Waals surface area contributed by atoms with Gasteiger partial charge in [0, 0.05) is 12.0 Å². The summed E-state index contributed by atoms with van der Waals surface area (Å²) in [4.78, 5) is 12.7. The number of ether oxygens (including phenoxy) is 1. The number of hydrogen-bond donors (Lipinski definition) is 2. The van der Waals surface area contributed by atoms with E-state index in [1.807, 2.05) is 12.1 Å². The maximum Gasteiger partial charge on any atom is 0.229 e. The standard InChI is InChI=1S/C23H30N2O4S/c1-29-20-12-10-19(11-13-20)23(14-6-3-7-15-23)17-24-22(26)16-18-8-4-5-9-21(18)25-30(2,27)28/h4-5,8-13,25H,3,6-7,14-17H2,1-2H3,(H,24,26). The Bertz CT molecular complexity index is 965. The van der Waals surface area contributed by atoms with Crippen molar-refractivity contribution in [2.45, 2.75) is 43.9 Å². The van der Waals surface area contributed by atoms with Gasteiger partial charge in [0.15, 0.2) is 0 Å². The molecule has 2 N–H and O–H groups in total. The fourth-order valence-corrected chi connectivity index (χ4v) is 4.82. The summed E-state index contributed by atoms with van der Waals surface area (Å²) < 4.78 is 31.0. The zero-order chi connectivity index (χ0) is 21.6. The van der Waals surface area contributed by atoms with Gasteiger partial charge in [0.1, 0.15) is 5.75 Å². The van der Waals surface area contributed by atoms with E-state index >= 15 is 0 Å². The number of methoxy groups -OCH3 is 1. The van der Waals surface area contributed by atoms with Crippen LogP contribution in [0, 0.1) is 0 Å². The number of carbonyl (C=O) groups is 1. The van der Waals surface area contributed by atoms with Crippen molar-refractivity contribution in [2.24, 2.45) is 0 Å². The van der Waals surface area contributed by atoms with Gasteiger partial charge in [0.2, 0.25) is 15.9 Å². The SMILES string of the molecule is COc1ccc(C2(CNC(=O)Cc3ccccc3NS(C)(=O)=O)CCCCC2)cc1. The topological polar surface area (TPSA) is 84.5 Å². The summed E-state index contributed by atoms with van der Waals surface area (Å²) in [5.74, 6) is 0.708. The van der Waals surface area contributed by atoms with E-state index in [0.717, 1.165) is 37.7 Å². The molecule has 162 valence electrons. The molecule has 1 saturated carbocycles. The number of amides is 1. The van der Waals surface area contributed by atoms with Crippen LogP contribution in [0.25, 0.3) is 0 Å². The molecule has 1 aliphatic carbocycles. The molecule has 30 heavy (non-hydrogen) atoms. The minimum atomic E-state index is -3.41. The van der Waals surface area contributed by atoms with Crippen LogP contribution in [-0.4, -0.2) is 34.2 Å². The van der Waals surface area contributed by atoms with Gasteiger partial charge in [-0.2, -0.15) is 0 Å². The third kappa shape index (κ3) is 5.75. The molecule has 0 atom stereocenters. The lowest BCUT2D eigenvalue weighted by molar-refractivity contribution is -0.120. The van der Waals surface area contributed by atoms with Crippen LogP contribution in [0.3, 0.4) is 0 Å². The quantitative estimate of drug-likeness (QED) is 0.670. The summed E-state index contributed by atoms with van der Waals surface area (Å²) in [6.45, 7) is 0.569. The smallest absolute Gasteiger partial charge is 0.229 e. The fraction of sp³-hybridized carbons (Fsp3) is 0.435. The minimum absolute atomic E-state index is 0.0787. The molecule has 0 heterocycles. The monoisotopic (exact) mass is 430 g/mol. The Morgan fingerprint density at radius 3 is 2.33 bits per heavy atom. The van der Waals surface area contributed by atoms with Gasteiger partial charge in [0.05, 0.1) is 25.5 Å². The van der Waals surface area contributed by atoms with Gasteiger partial charge < -0.3 is 10.1 Å². The lowest BCUT2D eigenvalue weighted by Gasteiger charge is -2.38. The minimum Gasteiger partial charge on any atom is -0.497 e. The Morgan fingerprint density at radius 2 is 1.70 bits per heavy atom. The van der Waals surface area contributed by atoms with Gasteiger partial charge in [-0.1, -0.05) is 49.6 Å². The van der Waals surface area contributed by atoms with E-state index < -0.39 is 10.0 Å². The Balaban J connectivity index is 1.71. The van der Waals surface area contributed by atoms with E-state index in [1.54, 1.807) is 31.4 Å². The maximum absolute atomic E-state index is 12.7. The predicted molar refractivity (Wildman–Crippen MR) is 119 cm³/mol. The largest absolute Gasteiger partial charge is 0.497 e. The van der Waals surface area contributed by atoms with E-state index in [-0.39, 0.29) is 17.7 Å². The molecule has 1 aliphatic rings. The Labute approximate surface area is 179 Å². The number of rotatable bonds is 8. The second-order valence-corrected chi connectivity index (χ2v) is 9.80. The Morgan fingerprint density at radius 1 is 1.03 bits per heavy atom. The van der Waals surface area contributed by atoms with Gasteiger partial charge in [-0.05, 0) is 42.2 Å². The summed E-state index contributed by atoms with van der Waals surface area (Å²) in [5, 5.41) is 3.11. The second kappa shape index (κ2) is 9.51. The molecule has 0 aliphatic heterocycles. The van der Waals surface area contributed by atoms with Crippen LogP contribution in [-0.2, 0) is 26.7 Å². The van der Waals surface area contributed by atoms with E-state index in [1.165, 1.54) is 12.0 Å². The van der Waals surface area contributed by atoms with Crippen LogP contribution in [0.15, 0.2) is 48.5 Å². The van der Waals surface area contributed by atoms with Gasteiger partial charge in [-0.25, -0.2) is 8.42 Å². The molecular weight excluding hydrogens is 400 g/mol. The second-order valence-electron chi connectivity index (χ2n) is 8.05. The van der Waals surface area contributed by atoms with Crippen LogP contribution < -0.4 is 14.8 Å². The van der Waals surface area contributed by atoms with Gasteiger partial charge >= 0.3 is 0 Å². The van der Waals surface area contributed by atoms with Gasteiger partial charge in [-0.3, -0.25) is 9.52 Å². The lowest BCUT2D eigenvalue weighted by Crippen LogP contribution is -2.42. The van der Waals surface area contributed by atoms with Gasteiger partial charge in [0.25, 0.3) is 0 Å². The van der Waals surface area contributed by atoms with Crippen LogP contribution in [0.2, 0.25) is 0 Å². The van der Waals surface area contributed by atoms with Crippen LogP contribution in [0.4, 0.5) is 5.69 Å². The molecule has 1 fully saturated rings. The van der Waals surface area contributed by atoms with Gasteiger partial charge in [-0.15, -0.1) is 0 Å². The molecule has 2 aromatic carbocycles. The molecule has 0 spiro atoms. The van der Waals surface area contributed by atoms with Crippen LogP contribution in [0.5, 0.6) is 5.75 Å². The summed E-state index contributed by atoms with van der Waals surface area (Å²) in [5.41, 5.74) is 2.24. The zero-order valence-corrected chi connectivity index (χ0v) is 18.4. The molecule has 0 bridgehead atoms. The van der Waals surface area contributed by atoms with Crippen molar-refractivity contribution in [2.75, 3.05) is 24.6 Å². The number of nitrogens with one attached hydrogen (secondary N) is 2. The molecule has 7 heteroatoms. The Kier molecular flexibility index (Phi) is 7.02. The highest BCUT2D eigenvalue weighted by Crippen LogP contribution is 2.39. The van der Waals surface area contributed by atoms with Crippen molar-refractivity contribution in [3.8, 4) is 5.75 Å². The highest BCUT2D eigenvalue weighted by Gasteiger charge is 2.34. The first-order valence-electron chi connectivity index (χ1n) is 10.3. The third-order valence-corrected chi connectivity index (χ3v) is 6.39. The first-order valence-corrected chi connectivity index (χ1v) is 12.2. The summed E-state index contributed by atoms with van der Waals surface area (Å²) >= 11 is 0. The zero-order valence-electron chi connectivity index (χ0n) is 17.6. The molecule has 1 amide bonds. The number of anilines is 1. The number of benzene rings is 2. The van der Waals surface area contributed by atoms with Crippen molar-refractivity contribution >= 4 is 21.6 Å². The molecule has 0 unspecified atom stereocenters. The van der Waals surface area contributed by atoms with Crippen molar-refractivity contribution in [3.05, 3.63) is 59.7 Å². The average Bonchev–Trinajstić information content (AvgIpc) is 2.73. The maximum atomic E-state index is 12.7. The predicted octanol–water partition coefficient (Wildman–Crippen LogP) is 3.63. The lowest BCUT2D eigenvalue weighted by atomic mass is 9.69. The third-order valence-electron chi connectivity index (χ3n) is 5.80. The number of sulfonamides is 1. The van der Waals surface area contributed by atoms with Crippen LogP contribution >= 0.6 is 0 Å². The molecule has 2 aromatic rings. The molecule has 6 nitrogen and oxygen atoms in total. The highest BCUT2D eigenvalue weighted by molar-refractivity contribution is 7.92. The summed E-state index contributed by atoms with van der Waals surface area (Å²) in [6.07, 6.45) is 6.79. The van der Waals surface area contributed by atoms with Crippen molar-refractivity contribution in [3.63, 3.8) is 0 Å². The van der Waals surface area contributed by atoms with Crippen molar-refractivity contribution in [1.29, 1.82) is 0 Å². The Hall–Kier alpha value is -2.54. The van der Waals surface area contributed by atoms with Crippen LogP contribution in [0.1, 0.15) is 43.2 Å². The average molecular weight is 431 g/mol. The normalized spacial score (nSPS) is 15.9. The molecule has 0 aromatic heterocycles. The summed E-state index contributed by atoms with van der Waals surface area (Å²) in [6, 6.07) is 15.1. The molecule has 0 radical (unpaired) electrons. The van der Waals surface area contributed by atoms with E-state index in [9.17, 15) is 13.2 Å². The molecule has 3 rings (SSSR count). The number of para-hydroxylation sites is 1. The van der Waals surface area contributed by atoms with E-state index in [0.29, 0.717) is 17.8 Å². The van der Waals surface area contributed by atoms with E-state index in [2.05, 4.69) is 22.2 Å². The molecule has 0 saturated heterocycles. The first kappa shape index (κ1) is 22.2. The highest BCUT2D eigenvalue weighted by atomic mass is 32.2. The summed E-state index contributed by atoms with van der Waals surface area (Å²) in [7, 11) is -1.75. The first-order chi connectivity index (χ1) is 14.3. The van der Waals surface area contributed by atoms with E-state index in [4.69, 9.17) is 4.74 Å².